The summed E-state index contributed by atoms with van der Waals surface area (Å²) in [6.45, 7) is 4.40. The SMILES string of the molecule is Cc1c2c(c(C)c3cc4c(cc13)OCO4)-c1cc([N+](=O)[O-])ccc1-2. The normalized spacial score (nSPS) is 13.4. The zero-order valence-corrected chi connectivity index (χ0v) is 13.2. The van der Waals surface area contributed by atoms with Crippen molar-refractivity contribution in [3.8, 4) is 33.8 Å². The van der Waals surface area contributed by atoms with Crippen molar-refractivity contribution in [2.75, 3.05) is 6.79 Å². The third-order valence-electron chi connectivity index (χ3n) is 5.07. The van der Waals surface area contributed by atoms with Gasteiger partial charge in [0, 0.05) is 12.1 Å². The van der Waals surface area contributed by atoms with Gasteiger partial charge in [0.25, 0.3) is 5.69 Å². The highest BCUT2D eigenvalue weighted by molar-refractivity contribution is 6.13. The molecular weight excluding hydrogens is 306 g/mol. The zero-order valence-electron chi connectivity index (χ0n) is 13.2. The van der Waals surface area contributed by atoms with Crippen molar-refractivity contribution >= 4 is 16.5 Å². The standard InChI is InChI=1S/C19H13NO4/c1-9-13-6-16-17(24-8-23-16)7-14(13)10(2)19-15-5-11(20(21)22)3-4-12(15)18(9)19/h3-7H,8H2,1-2H3. The molecular formula is C19H13NO4. The van der Waals surface area contributed by atoms with Crippen LogP contribution in [0.4, 0.5) is 5.69 Å². The molecule has 0 N–H and O–H groups in total. The summed E-state index contributed by atoms with van der Waals surface area (Å²) < 4.78 is 11.0. The van der Waals surface area contributed by atoms with Crippen molar-refractivity contribution in [2.45, 2.75) is 13.8 Å². The molecule has 118 valence electrons. The van der Waals surface area contributed by atoms with Crippen molar-refractivity contribution in [2.24, 2.45) is 0 Å². The van der Waals surface area contributed by atoms with Crippen LogP contribution in [0.25, 0.3) is 33.0 Å². The minimum atomic E-state index is -0.348. The van der Waals surface area contributed by atoms with Crippen molar-refractivity contribution in [3.05, 3.63) is 51.6 Å². The molecule has 5 nitrogen and oxygen atoms in total. The van der Waals surface area contributed by atoms with Gasteiger partial charge in [-0.05, 0) is 76.2 Å². The van der Waals surface area contributed by atoms with Crippen LogP contribution in [0, 0.1) is 24.0 Å². The van der Waals surface area contributed by atoms with Crippen LogP contribution < -0.4 is 9.47 Å². The van der Waals surface area contributed by atoms with E-state index in [0.717, 1.165) is 44.5 Å². The highest BCUT2D eigenvalue weighted by Gasteiger charge is 2.31. The number of aryl methyl sites for hydroxylation is 2. The molecule has 0 spiro atoms. The zero-order chi connectivity index (χ0) is 16.6. The quantitative estimate of drug-likeness (QED) is 0.375. The van der Waals surface area contributed by atoms with E-state index in [1.165, 1.54) is 11.1 Å². The van der Waals surface area contributed by atoms with Crippen LogP contribution in [-0.4, -0.2) is 11.7 Å². The van der Waals surface area contributed by atoms with E-state index in [4.69, 9.17) is 9.47 Å². The minimum absolute atomic E-state index is 0.127. The molecule has 1 aliphatic heterocycles. The monoisotopic (exact) mass is 319 g/mol. The van der Waals surface area contributed by atoms with Gasteiger partial charge in [0.05, 0.1) is 4.92 Å². The number of nitro benzene ring substituents is 1. The fourth-order valence-corrected chi connectivity index (χ4v) is 3.89. The van der Waals surface area contributed by atoms with Gasteiger partial charge < -0.3 is 9.47 Å². The summed E-state index contributed by atoms with van der Waals surface area (Å²) in [4.78, 5) is 10.7. The molecule has 0 bridgehead atoms. The first-order chi connectivity index (χ1) is 11.6. The lowest BCUT2D eigenvalue weighted by atomic mass is 9.73. The Hall–Kier alpha value is -3.08. The molecule has 5 heteroatoms. The molecule has 1 aliphatic carbocycles. The lowest BCUT2D eigenvalue weighted by Gasteiger charge is -2.29. The van der Waals surface area contributed by atoms with Crippen LogP contribution in [0.1, 0.15) is 11.1 Å². The van der Waals surface area contributed by atoms with E-state index in [0.29, 0.717) is 0 Å². The highest BCUT2D eigenvalue weighted by Crippen LogP contribution is 2.55. The molecule has 0 saturated carbocycles. The Morgan fingerprint density at radius 2 is 1.50 bits per heavy atom. The summed E-state index contributed by atoms with van der Waals surface area (Å²) in [6, 6.07) is 9.13. The minimum Gasteiger partial charge on any atom is -0.454 e. The largest absolute Gasteiger partial charge is 0.454 e. The second-order valence-corrected chi connectivity index (χ2v) is 6.24. The van der Waals surface area contributed by atoms with Gasteiger partial charge in [0.15, 0.2) is 11.5 Å². The number of hydrogen-bond acceptors (Lipinski definition) is 4. The lowest BCUT2D eigenvalue weighted by molar-refractivity contribution is -0.384. The Kier molecular flexibility index (Phi) is 2.37. The Morgan fingerprint density at radius 1 is 0.917 bits per heavy atom. The molecule has 0 fully saturated rings. The summed E-state index contributed by atoms with van der Waals surface area (Å²) in [7, 11) is 0. The van der Waals surface area contributed by atoms with E-state index in [9.17, 15) is 10.1 Å². The fourth-order valence-electron chi connectivity index (χ4n) is 3.89. The molecule has 5 rings (SSSR count). The summed E-state index contributed by atoms with van der Waals surface area (Å²) in [6.07, 6.45) is 0. The summed E-state index contributed by atoms with van der Waals surface area (Å²) in [5.41, 5.74) is 6.75. The van der Waals surface area contributed by atoms with E-state index < -0.39 is 0 Å². The fraction of sp³-hybridized carbons (Fsp3) is 0.158. The van der Waals surface area contributed by atoms with Crippen molar-refractivity contribution < 1.29 is 14.4 Å². The molecule has 3 aromatic rings. The topological polar surface area (TPSA) is 61.6 Å². The first-order valence-corrected chi connectivity index (χ1v) is 7.72. The lowest BCUT2D eigenvalue weighted by Crippen LogP contribution is -2.06. The number of ether oxygens (including phenoxy) is 2. The number of nitrogens with zero attached hydrogens (tertiary/aromatic N) is 1. The van der Waals surface area contributed by atoms with Gasteiger partial charge >= 0.3 is 0 Å². The first-order valence-electron chi connectivity index (χ1n) is 7.72. The maximum absolute atomic E-state index is 11.1. The van der Waals surface area contributed by atoms with Crippen molar-refractivity contribution in [1.82, 2.24) is 0 Å². The summed E-state index contributed by atoms with van der Waals surface area (Å²) in [5, 5.41) is 13.3. The Morgan fingerprint density at radius 3 is 2.08 bits per heavy atom. The van der Waals surface area contributed by atoms with Crippen molar-refractivity contribution in [1.29, 1.82) is 0 Å². The number of benzene rings is 3. The first kappa shape index (κ1) is 13.4. The number of rotatable bonds is 1. The third kappa shape index (κ3) is 1.49. The second kappa shape index (κ2) is 4.26. The Balaban J connectivity index is 1.83. The van der Waals surface area contributed by atoms with Crippen LogP contribution in [0.3, 0.4) is 0 Å². The van der Waals surface area contributed by atoms with Gasteiger partial charge in [-0.25, -0.2) is 0 Å². The maximum atomic E-state index is 11.1. The average molecular weight is 319 g/mol. The van der Waals surface area contributed by atoms with Crippen LogP contribution in [0.15, 0.2) is 30.3 Å². The molecule has 0 saturated heterocycles. The molecule has 0 aromatic heterocycles. The van der Waals surface area contributed by atoms with Crippen molar-refractivity contribution in [3.63, 3.8) is 0 Å². The predicted molar refractivity (Wildman–Crippen MR) is 90.6 cm³/mol. The van der Waals surface area contributed by atoms with Gasteiger partial charge in [0.2, 0.25) is 6.79 Å². The van der Waals surface area contributed by atoms with Crippen LogP contribution in [-0.2, 0) is 0 Å². The summed E-state index contributed by atoms with van der Waals surface area (Å²) in [5.74, 6) is 1.52. The second-order valence-electron chi connectivity index (χ2n) is 6.24. The molecule has 0 radical (unpaired) electrons. The molecule has 0 amide bonds. The van der Waals surface area contributed by atoms with Gasteiger partial charge in [-0.3, -0.25) is 10.1 Å². The van der Waals surface area contributed by atoms with Gasteiger partial charge in [0.1, 0.15) is 0 Å². The van der Waals surface area contributed by atoms with Crippen LogP contribution >= 0.6 is 0 Å². The molecule has 0 unspecified atom stereocenters. The molecule has 0 atom stereocenters. The number of fused-ring (bicyclic) bond motifs is 6. The van der Waals surface area contributed by atoms with E-state index in [-0.39, 0.29) is 17.4 Å². The number of nitro groups is 1. The van der Waals surface area contributed by atoms with E-state index in [1.807, 2.05) is 18.2 Å². The van der Waals surface area contributed by atoms with Crippen LogP contribution in [0.5, 0.6) is 11.5 Å². The molecule has 1 heterocycles. The maximum Gasteiger partial charge on any atom is 0.270 e. The smallest absolute Gasteiger partial charge is 0.270 e. The third-order valence-corrected chi connectivity index (χ3v) is 5.07. The molecule has 3 aromatic carbocycles. The van der Waals surface area contributed by atoms with E-state index in [2.05, 4.69) is 13.8 Å². The molecule has 2 aliphatic rings. The number of non-ortho nitro benzene ring substituents is 1. The van der Waals surface area contributed by atoms with Gasteiger partial charge in [-0.2, -0.15) is 0 Å². The van der Waals surface area contributed by atoms with Gasteiger partial charge in [-0.1, -0.05) is 0 Å². The van der Waals surface area contributed by atoms with E-state index in [1.54, 1.807) is 12.1 Å². The van der Waals surface area contributed by atoms with Crippen LogP contribution in [0.2, 0.25) is 0 Å². The van der Waals surface area contributed by atoms with Gasteiger partial charge in [-0.15, -0.1) is 0 Å². The Labute approximate surface area is 137 Å². The number of hydrogen-bond donors (Lipinski definition) is 0. The predicted octanol–water partition coefficient (Wildman–Crippen LogP) is 4.74. The Bertz CT molecular complexity index is 1080. The highest BCUT2D eigenvalue weighted by atomic mass is 16.7. The molecule has 24 heavy (non-hydrogen) atoms. The van der Waals surface area contributed by atoms with E-state index >= 15 is 0 Å². The average Bonchev–Trinajstić information content (AvgIpc) is 3.00. The summed E-state index contributed by atoms with van der Waals surface area (Å²) >= 11 is 0.